The Morgan fingerprint density at radius 3 is 2.64 bits per heavy atom. The molecule has 3 aromatic rings. The van der Waals surface area contributed by atoms with Crippen LogP contribution in [-0.2, 0) is 19.6 Å². The molecule has 0 bridgehead atoms. The number of pyridine rings is 1. The Bertz CT molecular complexity index is 853. The van der Waals surface area contributed by atoms with Crippen molar-refractivity contribution in [3.63, 3.8) is 0 Å². The number of amides is 1. The summed E-state index contributed by atoms with van der Waals surface area (Å²) in [5, 5.41) is 4.31. The minimum absolute atomic E-state index is 0.00564. The highest BCUT2D eigenvalue weighted by Crippen LogP contribution is 2.20. The van der Waals surface area contributed by atoms with Gasteiger partial charge >= 0.3 is 0 Å². The van der Waals surface area contributed by atoms with Gasteiger partial charge in [-0.15, -0.1) is 11.3 Å². The van der Waals surface area contributed by atoms with Crippen molar-refractivity contribution in [2.75, 3.05) is 0 Å². The van der Waals surface area contributed by atoms with Crippen LogP contribution in [0.5, 0.6) is 0 Å². The van der Waals surface area contributed by atoms with E-state index in [9.17, 15) is 4.79 Å². The number of hydrogen-bond acceptors (Lipinski definition) is 4. The fraction of sp³-hybridized carbons (Fsp3) is 0.316. The van der Waals surface area contributed by atoms with Crippen molar-refractivity contribution in [1.29, 1.82) is 0 Å². The van der Waals surface area contributed by atoms with E-state index in [-0.39, 0.29) is 5.91 Å². The van der Waals surface area contributed by atoms with Gasteiger partial charge in [-0.1, -0.05) is 6.07 Å². The summed E-state index contributed by atoms with van der Waals surface area (Å²) in [7, 11) is 0. The predicted molar refractivity (Wildman–Crippen MR) is 99.5 cm³/mol. The van der Waals surface area contributed by atoms with Gasteiger partial charge in [0.15, 0.2) is 0 Å². The molecular formula is C19H22N4OS. The van der Waals surface area contributed by atoms with Crippen LogP contribution in [0.1, 0.15) is 38.4 Å². The van der Waals surface area contributed by atoms with Gasteiger partial charge in [-0.2, -0.15) is 5.10 Å². The van der Waals surface area contributed by atoms with E-state index in [0.29, 0.717) is 18.7 Å². The normalized spacial score (nSPS) is 10.8. The maximum atomic E-state index is 13.2. The molecule has 0 aliphatic carbocycles. The van der Waals surface area contributed by atoms with Gasteiger partial charge in [0.25, 0.3) is 5.91 Å². The van der Waals surface area contributed by atoms with Crippen molar-refractivity contribution >= 4 is 17.2 Å². The maximum absolute atomic E-state index is 13.2. The van der Waals surface area contributed by atoms with Crippen LogP contribution in [0.4, 0.5) is 0 Å². The highest BCUT2D eigenvalue weighted by Gasteiger charge is 2.22. The van der Waals surface area contributed by atoms with Gasteiger partial charge < -0.3 is 4.90 Å². The summed E-state index contributed by atoms with van der Waals surface area (Å²) in [6.07, 6.45) is 3.43. The van der Waals surface area contributed by atoms with E-state index >= 15 is 0 Å². The molecule has 6 heteroatoms. The molecule has 0 aromatic carbocycles. The van der Waals surface area contributed by atoms with Crippen molar-refractivity contribution in [3.8, 4) is 0 Å². The van der Waals surface area contributed by atoms with Gasteiger partial charge in [0, 0.05) is 28.2 Å². The minimum Gasteiger partial charge on any atom is -0.327 e. The van der Waals surface area contributed by atoms with Crippen LogP contribution in [0.3, 0.4) is 0 Å². The molecule has 0 unspecified atom stereocenters. The van der Waals surface area contributed by atoms with Crippen molar-refractivity contribution in [2.45, 2.75) is 40.4 Å². The van der Waals surface area contributed by atoms with E-state index in [2.05, 4.69) is 29.1 Å². The lowest BCUT2D eigenvalue weighted by Crippen LogP contribution is -2.30. The highest BCUT2D eigenvalue weighted by atomic mass is 32.1. The number of aryl methyl sites for hydroxylation is 2. The van der Waals surface area contributed by atoms with Crippen LogP contribution >= 0.6 is 11.3 Å². The molecule has 0 spiro atoms. The quantitative estimate of drug-likeness (QED) is 0.676. The molecule has 0 fully saturated rings. The summed E-state index contributed by atoms with van der Waals surface area (Å²) in [5.74, 6) is -0.00564. The molecule has 0 N–H and O–H groups in total. The molecule has 1 amide bonds. The van der Waals surface area contributed by atoms with E-state index in [1.165, 1.54) is 9.75 Å². The number of carbonyl (C=O) groups is 1. The third kappa shape index (κ3) is 3.96. The highest BCUT2D eigenvalue weighted by molar-refractivity contribution is 7.11. The second kappa shape index (κ2) is 7.61. The van der Waals surface area contributed by atoms with E-state index < -0.39 is 0 Å². The molecule has 0 radical (unpaired) electrons. The molecule has 0 aliphatic heterocycles. The monoisotopic (exact) mass is 354 g/mol. The standard InChI is InChI=1S/C19H22N4OS/c1-4-23-15(3)18(11-21-23)19(24)22(12-16-7-5-6-10-20-16)13-17-9-8-14(2)25-17/h5-11H,4,12-13H2,1-3H3. The zero-order valence-electron chi connectivity index (χ0n) is 14.8. The SMILES string of the molecule is CCn1ncc(C(=O)N(Cc2ccccn2)Cc2ccc(C)s2)c1C. The number of hydrogen-bond donors (Lipinski definition) is 0. The van der Waals surface area contributed by atoms with Crippen LogP contribution < -0.4 is 0 Å². The summed E-state index contributed by atoms with van der Waals surface area (Å²) in [6.45, 7) is 7.85. The van der Waals surface area contributed by atoms with E-state index in [1.54, 1.807) is 23.7 Å². The first kappa shape index (κ1) is 17.4. The Morgan fingerprint density at radius 1 is 1.20 bits per heavy atom. The number of aromatic nitrogens is 3. The largest absolute Gasteiger partial charge is 0.327 e. The molecule has 3 aromatic heterocycles. The van der Waals surface area contributed by atoms with E-state index in [4.69, 9.17) is 0 Å². The average Bonchev–Trinajstić information content (AvgIpc) is 3.20. The molecule has 0 atom stereocenters. The van der Waals surface area contributed by atoms with Crippen molar-refractivity contribution in [1.82, 2.24) is 19.7 Å². The van der Waals surface area contributed by atoms with Gasteiger partial charge in [-0.25, -0.2) is 0 Å². The zero-order valence-corrected chi connectivity index (χ0v) is 15.6. The smallest absolute Gasteiger partial charge is 0.258 e. The topological polar surface area (TPSA) is 51.0 Å². The number of rotatable bonds is 6. The van der Waals surface area contributed by atoms with Crippen molar-refractivity contribution in [3.05, 3.63) is 69.4 Å². The lowest BCUT2D eigenvalue weighted by atomic mass is 10.2. The van der Waals surface area contributed by atoms with Crippen LogP contribution in [0.25, 0.3) is 0 Å². The fourth-order valence-corrected chi connectivity index (χ4v) is 3.70. The summed E-state index contributed by atoms with van der Waals surface area (Å²) < 4.78 is 1.85. The first-order chi connectivity index (χ1) is 12.1. The first-order valence-corrected chi connectivity index (χ1v) is 9.17. The Kier molecular flexibility index (Phi) is 5.28. The Morgan fingerprint density at radius 2 is 2.04 bits per heavy atom. The van der Waals surface area contributed by atoms with Gasteiger partial charge in [-0.3, -0.25) is 14.5 Å². The molecule has 130 valence electrons. The van der Waals surface area contributed by atoms with Crippen LogP contribution in [-0.4, -0.2) is 25.6 Å². The molecule has 3 rings (SSSR count). The maximum Gasteiger partial charge on any atom is 0.258 e. The molecule has 0 saturated heterocycles. The van der Waals surface area contributed by atoms with E-state index in [1.807, 2.05) is 41.6 Å². The predicted octanol–water partition coefficient (Wildman–Crippen LogP) is 3.82. The minimum atomic E-state index is -0.00564. The van der Waals surface area contributed by atoms with Gasteiger partial charge in [-0.05, 0) is 45.0 Å². The Hall–Kier alpha value is -2.47. The van der Waals surface area contributed by atoms with Crippen LogP contribution in [0.2, 0.25) is 0 Å². The second-order valence-electron chi connectivity index (χ2n) is 5.95. The second-order valence-corrected chi connectivity index (χ2v) is 7.33. The lowest BCUT2D eigenvalue weighted by Gasteiger charge is -2.22. The average molecular weight is 354 g/mol. The Labute approximate surface area is 151 Å². The number of carbonyl (C=O) groups excluding carboxylic acids is 1. The summed E-state index contributed by atoms with van der Waals surface area (Å²) >= 11 is 1.72. The third-order valence-corrected chi connectivity index (χ3v) is 5.13. The molecule has 25 heavy (non-hydrogen) atoms. The first-order valence-electron chi connectivity index (χ1n) is 8.35. The number of thiophene rings is 1. The summed E-state index contributed by atoms with van der Waals surface area (Å²) in [6, 6.07) is 9.95. The van der Waals surface area contributed by atoms with Gasteiger partial charge in [0.2, 0.25) is 0 Å². The van der Waals surface area contributed by atoms with E-state index in [0.717, 1.165) is 17.9 Å². The summed E-state index contributed by atoms with van der Waals surface area (Å²) in [5.41, 5.74) is 2.44. The van der Waals surface area contributed by atoms with Gasteiger partial charge in [0.1, 0.15) is 0 Å². The van der Waals surface area contributed by atoms with Crippen molar-refractivity contribution in [2.24, 2.45) is 0 Å². The molecule has 5 nitrogen and oxygen atoms in total. The third-order valence-electron chi connectivity index (χ3n) is 4.14. The molecular weight excluding hydrogens is 332 g/mol. The van der Waals surface area contributed by atoms with Crippen molar-refractivity contribution < 1.29 is 4.79 Å². The molecule has 3 heterocycles. The number of nitrogens with zero attached hydrogens (tertiary/aromatic N) is 4. The molecule has 0 saturated carbocycles. The fourth-order valence-electron chi connectivity index (χ4n) is 2.79. The van der Waals surface area contributed by atoms with Gasteiger partial charge in [0.05, 0.1) is 30.5 Å². The van der Waals surface area contributed by atoms with Crippen LogP contribution in [0, 0.1) is 13.8 Å². The summed E-state index contributed by atoms with van der Waals surface area (Å²) in [4.78, 5) is 21.8. The zero-order chi connectivity index (χ0) is 17.8. The molecule has 0 aliphatic rings. The Balaban J connectivity index is 1.88. The lowest BCUT2D eigenvalue weighted by molar-refractivity contribution is 0.0728. The van der Waals surface area contributed by atoms with Crippen LogP contribution in [0.15, 0.2) is 42.7 Å².